The number of aliphatic hydroxyl groups is 1. The van der Waals surface area contributed by atoms with Crippen molar-refractivity contribution in [1.29, 1.82) is 0 Å². The van der Waals surface area contributed by atoms with Gasteiger partial charge in [0.1, 0.15) is 10.9 Å². The summed E-state index contributed by atoms with van der Waals surface area (Å²) in [4.78, 5) is 4.37. The average molecular weight is 466 g/mol. The molecule has 148 valence electrons. The Kier molecular flexibility index (Phi) is 5.35. The summed E-state index contributed by atoms with van der Waals surface area (Å²) in [5, 5.41) is 19.2. The molecule has 0 bridgehead atoms. The van der Waals surface area contributed by atoms with Crippen LogP contribution in [0.15, 0.2) is 41.0 Å². The highest BCUT2D eigenvalue weighted by molar-refractivity contribution is 9.10. The van der Waals surface area contributed by atoms with E-state index in [4.69, 9.17) is 16.3 Å². The minimum absolute atomic E-state index is 0.0513. The zero-order valence-corrected chi connectivity index (χ0v) is 18.0. The zero-order valence-electron chi connectivity index (χ0n) is 15.7. The minimum Gasteiger partial charge on any atom is -0.497 e. The van der Waals surface area contributed by atoms with Gasteiger partial charge in [-0.05, 0) is 59.5 Å². The van der Waals surface area contributed by atoms with Crippen LogP contribution < -0.4 is 10.1 Å². The molecule has 2 heterocycles. The molecule has 28 heavy (non-hydrogen) atoms. The number of aromatic nitrogens is 3. The molecule has 6 nitrogen and oxygen atoms in total. The number of fused-ring (bicyclic) bond motifs is 1. The van der Waals surface area contributed by atoms with Crippen molar-refractivity contribution in [2.75, 3.05) is 7.11 Å². The summed E-state index contributed by atoms with van der Waals surface area (Å²) in [5.74, 6) is 0.877. The van der Waals surface area contributed by atoms with Crippen LogP contribution in [0.2, 0.25) is 5.15 Å². The Labute approximate surface area is 177 Å². The summed E-state index contributed by atoms with van der Waals surface area (Å²) >= 11 is 9.79. The molecule has 1 fully saturated rings. The molecular weight excluding hydrogens is 444 g/mol. The summed E-state index contributed by atoms with van der Waals surface area (Å²) in [6.45, 7) is 2.54. The zero-order chi connectivity index (χ0) is 19.9. The molecule has 1 aliphatic carbocycles. The monoisotopic (exact) mass is 464 g/mol. The summed E-state index contributed by atoms with van der Waals surface area (Å²) in [6.07, 6.45) is 3.42. The normalized spacial score (nSPS) is 22.8. The van der Waals surface area contributed by atoms with Crippen LogP contribution in [0.3, 0.4) is 0 Å². The predicted octanol–water partition coefficient (Wildman–Crippen LogP) is 4.15. The fraction of sp³-hybridized carbons (Fsp3) is 0.400. The molecule has 1 aromatic carbocycles. The van der Waals surface area contributed by atoms with Crippen molar-refractivity contribution < 1.29 is 9.84 Å². The van der Waals surface area contributed by atoms with Gasteiger partial charge in [0.15, 0.2) is 5.65 Å². The number of nitrogens with zero attached hydrogens (tertiary/aromatic N) is 3. The molecule has 2 aromatic heterocycles. The molecule has 3 unspecified atom stereocenters. The third-order valence-electron chi connectivity index (χ3n) is 5.59. The molecule has 0 saturated heterocycles. The number of benzene rings is 1. The van der Waals surface area contributed by atoms with Crippen LogP contribution in [0.1, 0.15) is 37.1 Å². The highest BCUT2D eigenvalue weighted by Crippen LogP contribution is 2.46. The van der Waals surface area contributed by atoms with Crippen LogP contribution in [0, 0.1) is 5.92 Å². The number of hydrogen-bond donors (Lipinski definition) is 2. The molecule has 3 aromatic rings. The van der Waals surface area contributed by atoms with Crippen LogP contribution in [0.5, 0.6) is 5.75 Å². The average Bonchev–Trinajstić information content (AvgIpc) is 3.04. The van der Waals surface area contributed by atoms with Crippen molar-refractivity contribution in [3.8, 4) is 5.75 Å². The van der Waals surface area contributed by atoms with Gasteiger partial charge in [-0.3, -0.25) is 0 Å². The molecule has 1 aliphatic rings. The first-order valence-electron chi connectivity index (χ1n) is 9.17. The summed E-state index contributed by atoms with van der Waals surface area (Å²) < 4.78 is 7.80. The Bertz CT molecular complexity index is 990. The number of nitrogens with one attached hydrogen (secondary N) is 1. The third-order valence-corrected chi connectivity index (χ3v) is 6.34. The van der Waals surface area contributed by atoms with E-state index in [0.29, 0.717) is 17.3 Å². The van der Waals surface area contributed by atoms with E-state index in [0.717, 1.165) is 34.3 Å². The molecule has 1 saturated carbocycles. The van der Waals surface area contributed by atoms with Crippen molar-refractivity contribution in [1.82, 2.24) is 19.9 Å². The van der Waals surface area contributed by atoms with Crippen molar-refractivity contribution >= 4 is 33.2 Å². The number of methoxy groups -OCH3 is 1. The Balaban J connectivity index is 1.68. The lowest BCUT2D eigenvalue weighted by molar-refractivity contribution is -0.0950. The smallest absolute Gasteiger partial charge is 0.171 e. The Morgan fingerprint density at radius 1 is 1.43 bits per heavy atom. The molecule has 8 heteroatoms. The van der Waals surface area contributed by atoms with Gasteiger partial charge >= 0.3 is 0 Å². The van der Waals surface area contributed by atoms with E-state index in [1.54, 1.807) is 17.8 Å². The molecule has 0 aliphatic heterocycles. The van der Waals surface area contributed by atoms with Gasteiger partial charge < -0.3 is 15.2 Å². The van der Waals surface area contributed by atoms with Gasteiger partial charge in [0.2, 0.25) is 0 Å². The second-order valence-corrected chi connectivity index (χ2v) is 8.68. The maximum atomic E-state index is 10.8. The highest BCUT2D eigenvalue weighted by atomic mass is 79.9. The minimum atomic E-state index is -0.732. The lowest BCUT2D eigenvalue weighted by Gasteiger charge is -2.47. The lowest BCUT2D eigenvalue weighted by atomic mass is 9.66. The van der Waals surface area contributed by atoms with E-state index >= 15 is 0 Å². The van der Waals surface area contributed by atoms with Crippen molar-refractivity contribution in [2.45, 2.75) is 38.0 Å². The second kappa shape index (κ2) is 7.63. The number of ether oxygens (including phenoxy) is 1. The van der Waals surface area contributed by atoms with Crippen molar-refractivity contribution in [3.05, 3.63) is 57.4 Å². The van der Waals surface area contributed by atoms with Crippen LogP contribution in [0.25, 0.3) is 5.65 Å². The summed E-state index contributed by atoms with van der Waals surface area (Å²) in [5.41, 5.74) is 1.95. The first-order chi connectivity index (χ1) is 13.4. The molecule has 0 spiro atoms. The molecule has 0 radical (unpaired) electrons. The van der Waals surface area contributed by atoms with E-state index < -0.39 is 5.60 Å². The van der Waals surface area contributed by atoms with Crippen molar-refractivity contribution in [3.63, 3.8) is 0 Å². The van der Waals surface area contributed by atoms with Crippen molar-refractivity contribution in [2.24, 2.45) is 5.92 Å². The fourth-order valence-electron chi connectivity index (χ4n) is 3.83. The second-order valence-electron chi connectivity index (χ2n) is 7.44. The number of rotatable bonds is 6. The van der Waals surface area contributed by atoms with Gasteiger partial charge in [-0.25, -0.2) is 9.50 Å². The lowest BCUT2D eigenvalue weighted by Crippen LogP contribution is -2.51. The third kappa shape index (κ3) is 3.64. The van der Waals surface area contributed by atoms with Gasteiger partial charge in [-0.2, -0.15) is 5.10 Å². The van der Waals surface area contributed by atoms with Gasteiger partial charge in [-0.1, -0.05) is 23.7 Å². The standard InChI is InChI=1S/C20H22BrClN4O2/c1-20(27)8-7-14(20)18(23-10-12-3-5-13(28-2)6-4-12)16-9-17(22)25-19-15(21)11-24-26(16)19/h3-6,9,11,14,18,23,27H,7-8,10H2,1-2H3. The van der Waals surface area contributed by atoms with E-state index in [2.05, 4.69) is 31.3 Å². The van der Waals surface area contributed by atoms with E-state index in [1.165, 1.54) is 0 Å². The molecule has 2 N–H and O–H groups in total. The molecule has 0 amide bonds. The van der Waals surface area contributed by atoms with Crippen LogP contribution in [0.4, 0.5) is 0 Å². The van der Waals surface area contributed by atoms with Crippen LogP contribution in [-0.2, 0) is 6.54 Å². The topological polar surface area (TPSA) is 71.7 Å². The summed E-state index contributed by atoms with van der Waals surface area (Å²) in [7, 11) is 1.66. The quantitative estimate of drug-likeness (QED) is 0.535. The van der Waals surface area contributed by atoms with Crippen LogP contribution >= 0.6 is 27.5 Å². The highest BCUT2D eigenvalue weighted by Gasteiger charge is 2.46. The number of hydrogen-bond acceptors (Lipinski definition) is 5. The fourth-order valence-corrected chi connectivity index (χ4v) is 4.37. The van der Waals surface area contributed by atoms with E-state index in [1.807, 2.05) is 37.3 Å². The largest absolute Gasteiger partial charge is 0.497 e. The van der Waals surface area contributed by atoms with Gasteiger partial charge in [0.25, 0.3) is 0 Å². The Hall–Kier alpha value is -1.67. The maximum Gasteiger partial charge on any atom is 0.171 e. The summed E-state index contributed by atoms with van der Waals surface area (Å²) in [6, 6.07) is 9.65. The predicted molar refractivity (Wildman–Crippen MR) is 112 cm³/mol. The van der Waals surface area contributed by atoms with Gasteiger partial charge in [0.05, 0.1) is 35.1 Å². The first-order valence-corrected chi connectivity index (χ1v) is 10.3. The molecule has 4 rings (SSSR count). The Morgan fingerprint density at radius 3 is 2.79 bits per heavy atom. The Morgan fingerprint density at radius 2 is 2.18 bits per heavy atom. The van der Waals surface area contributed by atoms with Gasteiger partial charge in [-0.15, -0.1) is 0 Å². The van der Waals surface area contributed by atoms with E-state index in [-0.39, 0.29) is 12.0 Å². The SMILES string of the molecule is COc1ccc(CNC(c2cc(Cl)nc3c(Br)cnn23)C2CCC2(C)O)cc1. The molecule has 3 atom stereocenters. The maximum absolute atomic E-state index is 10.8. The van der Waals surface area contributed by atoms with Crippen LogP contribution in [-0.4, -0.2) is 32.4 Å². The van der Waals surface area contributed by atoms with E-state index in [9.17, 15) is 5.11 Å². The van der Waals surface area contributed by atoms with Gasteiger partial charge in [0, 0.05) is 12.5 Å². The first kappa shape index (κ1) is 19.6. The molecular formula is C20H22BrClN4O2. The number of halogens is 2.